The first-order valence-electron chi connectivity index (χ1n) is 13.5. The molecule has 3 aromatic heterocycles. The van der Waals surface area contributed by atoms with Crippen LogP contribution in [0.3, 0.4) is 0 Å². The van der Waals surface area contributed by atoms with Crippen molar-refractivity contribution in [2.45, 2.75) is 57.6 Å². The number of nitrogens with one attached hydrogen (secondary N) is 1. The third kappa shape index (κ3) is 7.46. The largest absolute Gasteiger partial charge is 0.598 e. The van der Waals surface area contributed by atoms with Gasteiger partial charge >= 0.3 is 0 Å². The lowest BCUT2D eigenvalue weighted by molar-refractivity contribution is 0.0101. The average molecular weight is 616 g/mol. The van der Waals surface area contributed by atoms with Crippen LogP contribution in [0, 0.1) is 0 Å². The summed E-state index contributed by atoms with van der Waals surface area (Å²) in [7, 11) is -3.25. The van der Waals surface area contributed by atoms with E-state index < -0.39 is 31.7 Å². The van der Waals surface area contributed by atoms with Gasteiger partial charge in [-0.15, -0.1) is 4.72 Å². The van der Waals surface area contributed by atoms with Gasteiger partial charge in [-0.05, 0) is 63.6 Å². The molecule has 0 aliphatic carbocycles. The van der Waals surface area contributed by atoms with Crippen LogP contribution in [0.25, 0.3) is 28.0 Å². The number of aliphatic hydroxyl groups is 2. The number of aromatic nitrogens is 4. The van der Waals surface area contributed by atoms with Crippen molar-refractivity contribution in [1.29, 1.82) is 0 Å². The van der Waals surface area contributed by atoms with Gasteiger partial charge in [-0.25, -0.2) is 23.1 Å². The minimum atomic E-state index is -3.25. The Balaban J connectivity index is 1.84. The minimum Gasteiger partial charge on any atom is -0.598 e. The maximum atomic E-state index is 13.0. The zero-order valence-electron chi connectivity index (χ0n) is 24.4. The summed E-state index contributed by atoms with van der Waals surface area (Å²) in [5, 5.41) is 26.3. The standard InChI is InChI=1S/C29H37N5O6S2/c1-6-13-29(36,33-41(37)28(2,3)4)26-11-8-10-23(32-26)20-16-24-22(25(17-20)40-14-15-42(5,38)39)18-30-34(24)27-12-7-9-21(19-35)31-27/h7-12,16-18,33,35-36H,6,13-15,19H2,1-5H3. The zero-order chi connectivity index (χ0) is 30.7. The number of sulfone groups is 1. The Kier molecular flexibility index (Phi) is 9.60. The highest BCUT2D eigenvalue weighted by Crippen LogP contribution is 2.34. The molecular weight excluding hydrogens is 578 g/mol. The molecule has 0 aliphatic heterocycles. The molecule has 226 valence electrons. The fourth-order valence-corrected chi connectivity index (χ4v) is 5.45. The van der Waals surface area contributed by atoms with Crippen LogP contribution >= 0.6 is 0 Å². The van der Waals surface area contributed by atoms with Gasteiger partial charge in [-0.2, -0.15) is 5.10 Å². The lowest BCUT2D eigenvalue weighted by Crippen LogP contribution is -2.51. The van der Waals surface area contributed by atoms with Gasteiger partial charge < -0.3 is 19.5 Å². The Morgan fingerprint density at radius 2 is 1.86 bits per heavy atom. The molecule has 1 aromatic carbocycles. The van der Waals surface area contributed by atoms with Crippen LogP contribution in [-0.2, 0) is 33.5 Å². The van der Waals surface area contributed by atoms with E-state index in [1.54, 1.807) is 53.3 Å². The number of hydrogen-bond donors (Lipinski definition) is 3. The maximum Gasteiger partial charge on any atom is 0.200 e. The summed E-state index contributed by atoms with van der Waals surface area (Å²) in [6.45, 7) is 7.09. The second-order valence-electron chi connectivity index (χ2n) is 11.1. The predicted molar refractivity (Wildman–Crippen MR) is 163 cm³/mol. The van der Waals surface area contributed by atoms with Crippen molar-refractivity contribution in [3.63, 3.8) is 0 Å². The topological polar surface area (TPSA) is 163 Å². The summed E-state index contributed by atoms with van der Waals surface area (Å²) < 4.78 is 46.3. The van der Waals surface area contributed by atoms with Gasteiger partial charge in [0.2, 0.25) is 0 Å². The zero-order valence-corrected chi connectivity index (χ0v) is 26.0. The quantitative estimate of drug-likeness (QED) is 0.159. The highest BCUT2D eigenvalue weighted by atomic mass is 32.2. The molecule has 13 heteroatoms. The third-order valence-electron chi connectivity index (χ3n) is 6.43. The Morgan fingerprint density at radius 3 is 2.52 bits per heavy atom. The maximum absolute atomic E-state index is 13.0. The first-order chi connectivity index (χ1) is 19.7. The summed E-state index contributed by atoms with van der Waals surface area (Å²) >= 11 is -1.56. The smallest absolute Gasteiger partial charge is 0.200 e. The molecule has 0 radical (unpaired) electrons. The van der Waals surface area contributed by atoms with Gasteiger partial charge in [0.1, 0.15) is 17.1 Å². The molecule has 0 spiro atoms. The number of benzene rings is 1. The summed E-state index contributed by atoms with van der Waals surface area (Å²) in [5.41, 5.74) is 0.886. The second-order valence-corrected chi connectivity index (χ2v) is 15.3. The number of pyridine rings is 2. The lowest BCUT2D eigenvalue weighted by Gasteiger charge is -2.33. The summed E-state index contributed by atoms with van der Waals surface area (Å²) in [6.07, 6.45) is 3.65. The highest BCUT2D eigenvalue weighted by Gasteiger charge is 2.39. The van der Waals surface area contributed by atoms with Crippen LogP contribution in [-0.4, -0.2) is 66.3 Å². The van der Waals surface area contributed by atoms with Gasteiger partial charge in [-0.1, -0.05) is 25.5 Å². The van der Waals surface area contributed by atoms with E-state index in [0.717, 1.165) is 6.26 Å². The Morgan fingerprint density at radius 1 is 1.12 bits per heavy atom. The van der Waals surface area contributed by atoms with Crippen LogP contribution in [0.2, 0.25) is 0 Å². The van der Waals surface area contributed by atoms with E-state index in [1.165, 1.54) is 0 Å². The van der Waals surface area contributed by atoms with Crippen molar-refractivity contribution in [2.24, 2.45) is 0 Å². The molecule has 0 amide bonds. The van der Waals surface area contributed by atoms with Crippen molar-refractivity contribution < 1.29 is 27.9 Å². The van der Waals surface area contributed by atoms with Crippen molar-refractivity contribution in [2.75, 3.05) is 18.6 Å². The van der Waals surface area contributed by atoms with E-state index in [4.69, 9.17) is 9.72 Å². The van der Waals surface area contributed by atoms with Crippen molar-refractivity contribution in [3.8, 4) is 22.8 Å². The van der Waals surface area contributed by atoms with E-state index in [2.05, 4.69) is 14.8 Å². The normalized spacial score (nSPS) is 14.6. The van der Waals surface area contributed by atoms with E-state index in [9.17, 15) is 23.2 Å². The number of ether oxygens (including phenoxy) is 1. The molecule has 11 nitrogen and oxygen atoms in total. The number of hydrogen-bond acceptors (Lipinski definition) is 10. The van der Waals surface area contributed by atoms with Crippen LogP contribution in [0.5, 0.6) is 5.75 Å². The molecule has 0 saturated heterocycles. The fourth-order valence-electron chi connectivity index (χ4n) is 4.25. The molecule has 0 saturated carbocycles. The molecule has 2 atom stereocenters. The number of rotatable bonds is 12. The van der Waals surface area contributed by atoms with Crippen LogP contribution < -0.4 is 9.46 Å². The summed E-state index contributed by atoms with van der Waals surface area (Å²) in [4.78, 5) is 9.24. The Labute approximate surface area is 249 Å². The average Bonchev–Trinajstić information content (AvgIpc) is 3.36. The number of nitrogens with zero attached hydrogens (tertiary/aromatic N) is 4. The Bertz CT molecular complexity index is 1650. The first kappa shape index (κ1) is 31.9. The molecule has 3 N–H and O–H groups in total. The van der Waals surface area contributed by atoms with E-state index >= 15 is 0 Å². The fraction of sp³-hybridized carbons (Fsp3) is 0.414. The molecule has 0 fully saturated rings. The van der Waals surface area contributed by atoms with Gasteiger partial charge in [-0.3, -0.25) is 0 Å². The number of fused-ring (bicyclic) bond motifs is 1. The van der Waals surface area contributed by atoms with Gasteiger partial charge in [0.25, 0.3) is 0 Å². The SMILES string of the molecule is CCCC(O)(N[S+]([O-])C(C)(C)C)c1cccc(-c2cc(OCCS(C)(=O)=O)c3cnn(-c4cccc(CO)n4)c3c2)n1. The van der Waals surface area contributed by atoms with Crippen LogP contribution in [0.4, 0.5) is 0 Å². The van der Waals surface area contributed by atoms with Crippen molar-refractivity contribution in [3.05, 3.63) is 66.1 Å². The first-order valence-corrected chi connectivity index (χ1v) is 16.7. The van der Waals surface area contributed by atoms with Crippen molar-refractivity contribution in [1.82, 2.24) is 24.5 Å². The molecule has 4 aromatic rings. The molecule has 0 aliphatic rings. The molecular formula is C29H37N5O6S2. The Hall–Kier alpha value is -3.07. The van der Waals surface area contributed by atoms with E-state index in [0.29, 0.717) is 51.5 Å². The van der Waals surface area contributed by atoms with Gasteiger partial charge in [0.05, 0.1) is 46.5 Å². The van der Waals surface area contributed by atoms with Crippen molar-refractivity contribution >= 4 is 32.1 Å². The van der Waals surface area contributed by atoms with Crippen LogP contribution in [0.15, 0.2) is 54.7 Å². The van der Waals surface area contributed by atoms with E-state index in [-0.39, 0.29) is 25.4 Å². The number of aliphatic hydroxyl groups excluding tert-OH is 1. The minimum absolute atomic E-state index is 0.0624. The van der Waals surface area contributed by atoms with Gasteiger partial charge in [0, 0.05) is 23.2 Å². The van der Waals surface area contributed by atoms with E-state index in [1.807, 2.05) is 33.8 Å². The second kappa shape index (κ2) is 12.7. The molecule has 42 heavy (non-hydrogen) atoms. The molecule has 0 bridgehead atoms. The van der Waals surface area contributed by atoms with Crippen LogP contribution in [0.1, 0.15) is 51.9 Å². The summed E-state index contributed by atoms with van der Waals surface area (Å²) in [6, 6.07) is 14.1. The molecule has 4 rings (SSSR count). The van der Waals surface area contributed by atoms with Gasteiger partial charge in [0.15, 0.2) is 21.4 Å². The molecule has 3 heterocycles. The molecule has 2 unspecified atom stereocenters. The summed E-state index contributed by atoms with van der Waals surface area (Å²) in [5.74, 6) is 0.712. The highest BCUT2D eigenvalue weighted by molar-refractivity contribution is 7.91. The predicted octanol–water partition coefficient (Wildman–Crippen LogP) is 3.40. The lowest BCUT2D eigenvalue weighted by atomic mass is 10.0. The monoisotopic (exact) mass is 615 g/mol. The third-order valence-corrected chi connectivity index (χ3v) is 8.98.